The van der Waals surface area contributed by atoms with Crippen molar-refractivity contribution in [3.63, 3.8) is 0 Å². The molecule has 0 aromatic carbocycles. The molecule has 2 aliphatic heterocycles. The summed E-state index contributed by atoms with van der Waals surface area (Å²) in [6.07, 6.45) is 2.52. The number of halogens is 1. The highest BCUT2D eigenvalue weighted by Crippen LogP contribution is 2.43. The van der Waals surface area contributed by atoms with Gasteiger partial charge in [0.2, 0.25) is 0 Å². The first-order valence-corrected chi connectivity index (χ1v) is 11.7. The molecule has 16 heteroatoms. The van der Waals surface area contributed by atoms with E-state index in [4.69, 9.17) is 10.9 Å². The molecule has 0 aliphatic carbocycles. The lowest BCUT2D eigenvalue weighted by Gasteiger charge is -2.49. The van der Waals surface area contributed by atoms with Gasteiger partial charge in [0.25, 0.3) is 11.8 Å². The molecule has 1 aromatic rings. The number of hydrogen-bond donors (Lipinski definition) is 5. The molecule has 3 rings (SSSR count). The summed E-state index contributed by atoms with van der Waals surface area (Å²) in [6, 6.07) is -1.01. The van der Waals surface area contributed by atoms with Gasteiger partial charge in [-0.1, -0.05) is 33.4 Å². The number of rotatable bonds is 7. The van der Waals surface area contributed by atoms with Gasteiger partial charge >= 0.3 is 5.97 Å². The quantitative estimate of drug-likeness (QED) is 0.142. The Morgan fingerprint density at radius 3 is 2.74 bits per heavy atom. The summed E-state index contributed by atoms with van der Waals surface area (Å²) in [7, 11) is 0. The molecule has 164 valence electrons. The normalized spacial score (nSPS) is 21.5. The van der Waals surface area contributed by atoms with Gasteiger partial charge in [-0.3, -0.25) is 14.5 Å². The predicted molar refractivity (Wildman–Crippen MR) is 119 cm³/mol. The van der Waals surface area contributed by atoms with Crippen LogP contribution in [0.4, 0.5) is 5.13 Å². The van der Waals surface area contributed by atoms with Crippen molar-refractivity contribution < 1.29 is 29.9 Å². The van der Waals surface area contributed by atoms with Crippen molar-refractivity contribution >= 4 is 85.6 Å². The lowest BCUT2D eigenvalue weighted by atomic mass is 10.0. The molecule has 0 bridgehead atoms. The zero-order valence-electron chi connectivity index (χ0n) is 15.1. The molecule has 2 amide bonds. The van der Waals surface area contributed by atoms with Crippen LogP contribution in [0.15, 0.2) is 36.2 Å². The van der Waals surface area contributed by atoms with Crippen molar-refractivity contribution in [3.05, 3.63) is 31.6 Å². The molecular weight excluding hydrogens is 536 g/mol. The number of fused-ring (bicyclic) bond motifs is 1. The molecule has 6 N–H and O–H groups in total. The number of nitrogens with zero attached hydrogens (tertiary/aromatic N) is 4. The number of carbonyl (C=O) groups is 3. The largest absolute Gasteiger partial charge is 0.477 e. The van der Waals surface area contributed by atoms with Crippen LogP contribution in [-0.2, 0) is 14.4 Å². The summed E-state index contributed by atoms with van der Waals surface area (Å²) in [4.78, 5) is 42.5. The second-order valence-electron chi connectivity index (χ2n) is 5.77. The average Bonchev–Trinajstić information content (AvgIpc) is 3.06. The Morgan fingerprint density at radius 1 is 1.42 bits per heavy atom. The third-order valence-corrected chi connectivity index (χ3v) is 7.92. The van der Waals surface area contributed by atoms with Gasteiger partial charge in [0, 0.05) is 10.7 Å². The third-order valence-electron chi connectivity index (χ3n) is 4.01. The van der Waals surface area contributed by atoms with Gasteiger partial charge in [-0.25, -0.2) is 9.78 Å². The van der Waals surface area contributed by atoms with Gasteiger partial charge in [-0.2, -0.15) is 0 Å². The number of carbonyl (C=O) groups excluding carboxylic acids is 2. The van der Waals surface area contributed by atoms with E-state index >= 15 is 0 Å². The first-order valence-electron chi connectivity index (χ1n) is 8.15. The van der Waals surface area contributed by atoms with E-state index < -0.39 is 34.9 Å². The monoisotopic (exact) mass is 548 g/mol. The second-order valence-corrected chi connectivity index (χ2v) is 10.2. The summed E-state index contributed by atoms with van der Waals surface area (Å²) in [5.41, 5.74) is 4.99. The molecular formula is C15H13BrN6O6S3. The van der Waals surface area contributed by atoms with Gasteiger partial charge in [-0.05, 0) is 27.4 Å². The SMILES string of the molecule is Nc1nc(/C(=N/O)C(=O)NC2C(=O)N3C(C(=O)O)=C(S/C=C\C=N\O)CS[C@H]23)c(Br)s1. The van der Waals surface area contributed by atoms with Gasteiger partial charge in [0.15, 0.2) is 10.8 Å². The van der Waals surface area contributed by atoms with Crippen molar-refractivity contribution in [1.82, 2.24) is 15.2 Å². The van der Waals surface area contributed by atoms with Gasteiger partial charge in [0.1, 0.15) is 26.6 Å². The van der Waals surface area contributed by atoms with Crippen molar-refractivity contribution in [3.8, 4) is 0 Å². The fourth-order valence-corrected chi connectivity index (χ4v) is 6.36. The molecule has 0 spiro atoms. The van der Waals surface area contributed by atoms with Crippen molar-refractivity contribution in [2.75, 3.05) is 11.5 Å². The Kier molecular flexibility index (Phi) is 7.24. The molecule has 31 heavy (non-hydrogen) atoms. The molecule has 1 aromatic heterocycles. The number of allylic oxidation sites excluding steroid dienone is 1. The van der Waals surface area contributed by atoms with Crippen LogP contribution < -0.4 is 11.1 Å². The topological polar surface area (TPSA) is 191 Å². The van der Waals surface area contributed by atoms with Crippen LogP contribution in [0.1, 0.15) is 5.69 Å². The number of thiazole rings is 1. The standard InChI is InChI=1S/C15H13BrN6O6S3/c16-10-6(20-15(17)31-10)7(21-28)11(23)19-8-12(24)22-9(14(25)26)5(4-30-13(8)22)29-3-1-2-18-27/h1-3,8,13,27-28H,4H2,(H2,17,20)(H,19,23)(H,25,26)/b3-1-,18-2+,21-7-/t8?,13-/m1/s1. The number of aromatic nitrogens is 1. The van der Waals surface area contributed by atoms with Crippen molar-refractivity contribution in [2.45, 2.75) is 11.4 Å². The molecule has 0 radical (unpaired) electrons. The van der Waals surface area contributed by atoms with E-state index in [2.05, 4.69) is 36.5 Å². The molecule has 12 nitrogen and oxygen atoms in total. The first kappa shape index (κ1) is 23.1. The van der Waals surface area contributed by atoms with E-state index in [0.29, 0.717) is 8.69 Å². The van der Waals surface area contributed by atoms with Crippen LogP contribution in [0.5, 0.6) is 0 Å². The number of anilines is 1. The molecule has 1 unspecified atom stereocenters. The Bertz CT molecular complexity index is 1050. The Balaban J connectivity index is 1.77. The van der Waals surface area contributed by atoms with E-state index in [0.717, 1.165) is 34.2 Å². The molecule has 3 heterocycles. The molecule has 1 saturated heterocycles. The molecule has 0 saturated carbocycles. The Hall–Kier alpha value is -2.56. The maximum Gasteiger partial charge on any atom is 0.353 e. The zero-order valence-corrected chi connectivity index (χ0v) is 19.2. The Labute approximate surface area is 195 Å². The fraction of sp³-hybridized carbons (Fsp3) is 0.200. The number of nitrogens with two attached hydrogens (primary N) is 1. The van der Waals surface area contributed by atoms with E-state index in [1.165, 1.54) is 23.2 Å². The zero-order chi connectivity index (χ0) is 22.7. The summed E-state index contributed by atoms with van der Waals surface area (Å²) in [5, 5.41) is 36.5. The number of β-lactam (4-membered cyclic amide) rings is 1. The first-order chi connectivity index (χ1) is 14.8. The number of aliphatic carboxylic acids is 1. The van der Waals surface area contributed by atoms with Crippen molar-refractivity contribution in [2.24, 2.45) is 10.3 Å². The van der Waals surface area contributed by atoms with Gasteiger partial charge in [0.05, 0.1) is 6.21 Å². The minimum Gasteiger partial charge on any atom is -0.477 e. The van der Waals surface area contributed by atoms with Crippen molar-refractivity contribution in [1.29, 1.82) is 0 Å². The highest BCUT2D eigenvalue weighted by molar-refractivity contribution is 9.11. The number of nitrogen functional groups attached to an aromatic ring is 1. The number of hydrogen-bond acceptors (Lipinski definition) is 12. The summed E-state index contributed by atoms with van der Waals surface area (Å²) in [6.45, 7) is 0. The summed E-state index contributed by atoms with van der Waals surface area (Å²) >= 11 is 6.55. The third kappa shape index (κ3) is 4.56. The summed E-state index contributed by atoms with van der Waals surface area (Å²) < 4.78 is 0.374. The van der Waals surface area contributed by atoms with Gasteiger partial charge in [-0.15, -0.1) is 11.8 Å². The van der Waals surface area contributed by atoms with Crippen LogP contribution in [-0.4, -0.2) is 72.3 Å². The number of carboxylic acid groups (broad SMARTS) is 1. The van der Waals surface area contributed by atoms with Crippen LogP contribution in [0.3, 0.4) is 0 Å². The van der Waals surface area contributed by atoms with E-state index in [-0.39, 0.29) is 22.3 Å². The number of nitrogens with one attached hydrogen (secondary N) is 1. The maximum atomic E-state index is 12.7. The number of amides is 2. The minimum absolute atomic E-state index is 0.0189. The number of carboxylic acids is 1. The average molecular weight is 549 g/mol. The lowest BCUT2D eigenvalue weighted by molar-refractivity contribution is -0.150. The lowest BCUT2D eigenvalue weighted by Crippen LogP contribution is -2.71. The van der Waals surface area contributed by atoms with Gasteiger partial charge < -0.3 is 26.6 Å². The van der Waals surface area contributed by atoms with E-state index in [1.807, 2.05) is 0 Å². The minimum atomic E-state index is -1.28. The second kappa shape index (κ2) is 9.71. The molecule has 2 aliphatic rings. The van der Waals surface area contributed by atoms with Crippen LogP contribution >= 0.6 is 50.8 Å². The summed E-state index contributed by atoms with van der Waals surface area (Å²) in [5.74, 6) is -2.48. The van der Waals surface area contributed by atoms with Crippen LogP contribution in [0.25, 0.3) is 0 Å². The smallest absolute Gasteiger partial charge is 0.353 e. The van der Waals surface area contributed by atoms with E-state index in [1.54, 1.807) is 0 Å². The number of oxime groups is 2. The Morgan fingerprint density at radius 2 is 2.16 bits per heavy atom. The highest BCUT2D eigenvalue weighted by Gasteiger charge is 2.54. The maximum absolute atomic E-state index is 12.7. The molecule has 1 fully saturated rings. The van der Waals surface area contributed by atoms with E-state index in [9.17, 15) is 24.7 Å². The highest BCUT2D eigenvalue weighted by atomic mass is 79.9. The predicted octanol–water partition coefficient (Wildman–Crippen LogP) is 1.07. The van der Waals surface area contributed by atoms with Crippen LogP contribution in [0, 0.1) is 0 Å². The fourth-order valence-electron chi connectivity index (χ4n) is 2.75. The molecule has 2 atom stereocenters. The van der Waals surface area contributed by atoms with Crippen LogP contribution in [0.2, 0.25) is 0 Å². The number of thioether (sulfide) groups is 2.